The van der Waals surface area contributed by atoms with Crippen molar-refractivity contribution in [2.75, 3.05) is 0 Å². The molecule has 0 radical (unpaired) electrons. The fourth-order valence-electron chi connectivity index (χ4n) is 0.790. The van der Waals surface area contributed by atoms with Crippen molar-refractivity contribution >= 4 is 17.6 Å². The molecular formula is C7H13ClO2. The lowest BCUT2D eigenvalue weighted by atomic mass is 9.88. The Hall–Kier alpha value is -0.240. The third-order valence-electron chi connectivity index (χ3n) is 1.37. The summed E-state index contributed by atoms with van der Waals surface area (Å²) >= 11 is 5.64. The summed E-state index contributed by atoms with van der Waals surface area (Å²) in [6.07, 6.45) is 0.504. The van der Waals surface area contributed by atoms with Gasteiger partial charge in [-0.25, -0.2) is 0 Å². The summed E-state index contributed by atoms with van der Waals surface area (Å²) in [7, 11) is 0. The first-order valence-corrected chi connectivity index (χ1v) is 3.67. The average molecular weight is 165 g/mol. The van der Waals surface area contributed by atoms with Crippen LogP contribution in [0, 0.1) is 5.41 Å². The minimum absolute atomic E-state index is 0.0777. The van der Waals surface area contributed by atoms with E-state index in [1.54, 1.807) is 20.8 Å². The van der Waals surface area contributed by atoms with Crippen molar-refractivity contribution in [3.05, 3.63) is 0 Å². The van der Waals surface area contributed by atoms with E-state index in [0.717, 1.165) is 0 Å². The molecule has 0 aliphatic heterocycles. The smallest absolute Gasteiger partial charge is 0.309 e. The molecule has 0 aromatic heterocycles. The van der Waals surface area contributed by atoms with Crippen LogP contribution in [0.15, 0.2) is 0 Å². The van der Waals surface area contributed by atoms with E-state index in [9.17, 15) is 4.79 Å². The molecule has 0 aliphatic rings. The summed E-state index contributed by atoms with van der Waals surface area (Å²) < 4.78 is 0. The van der Waals surface area contributed by atoms with E-state index >= 15 is 0 Å². The highest BCUT2D eigenvalue weighted by Crippen LogP contribution is 2.24. The molecule has 0 aliphatic carbocycles. The molecule has 60 valence electrons. The molecule has 1 N–H and O–H groups in total. The Kier molecular flexibility index (Phi) is 3.16. The Morgan fingerprint density at radius 2 is 2.10 bits per heavy atom. The van der Waals surface area contributed by atoms with E-state index in [2.05, 4.69) is 0 Å². The second-order valence-corrected chi connectivity index (χ2v) is 3.92. The molecular weight excluding hydrogens is 152 g/mol. The Labute approximate surface area is 66.2 Å². The van der Waals surface area contributed by atoms with E-state index in [4.69, 9.17) is 16.7 Å². The van der Waals surface area contributed by atoms with Gasteiger partial charge in [0.1, 0.15) is 0 Å². The van der Waals surface area contributed by atoms with Gasteiger partial charge in [0.15, 0.2) is 0 Å². The van der Waals surface area contributed by atoms with Gasteiger partial charge >= 0.3 is 5.97 Å². The van der Waals surface area contributed by atoms with E-state index in [0.29, 0.717) is 6.42 Å². The lowest BCUT2D eigenvalue weighted by molar-refractivity contribution is -0.147. The topological polar surface area (TPSA) is 37.3 Å². The average Bonchev–Trinajstić information content (AvgIpc) is 1.60. The number of carbonyl (C=O) groups is 1. The largest absolute Gasteiger partial charge is 0.481 e. The second kappa shape index (κ2) is 3.24. The number of aliphatic carboxylic acids is 1. The molecule has 0 rings (SSSR count). The predicted octanol–water partition coefficient (Wildman–Crippen LogP) is 2.11. The van der Waals surface area contributed by atoms with Crippen molar-refractivity contribution in [3.8, 4) is 0 Å². The fraction of sp³-hybridized carbons (Fsp3) is 0.857. The summed E-state index contributed by atoms with van der Waals surface area (Å²) in [6.45, 7) is 5.15. The van der Waals surface area contributed by atoms with Crippen LogP contribution in [0.25, 0.3) is 0 Å². The molecule has 1 atom stereocenters. The first kappa shape index (κ1) is 9.76. The number of hydrogen-bond donors (Lipinski definition) is 1. The molecule has 3 heteroatoms. The van der Waals surface area contributed by atoms with Crippen molar-refractivity contribution in [2.24, 2.45) is 5.41 Å². The van der Waals surface area contributed by atoms with Gasteiger partial charge in [-0.1, -0.05) is 0 Å². The maximum Gasteiger partial charge on any atom is 0.309 e. The molecule has 0 spiro atoms. The van der Waals surface area contributed by atoms with Crippen molar-refractivity contribution in [3.63, 3.8) is 0 Å². The molecule has 0 fully saturated rings. The molecule has 0 saturated carbocycles. The third-order valence-corrected chi connectivity index (χ3v) is 1.52. The summed E-state index contributed by atoms with van der Waals surface area (Å²) in [5.41, 5.74) is -0.693. The molecule has 0 aromatic rings. The second-order valence-electron chi connectivity index (χ2n) is 3.17. The standard InChI is InChI=1S/C7H13ClO2/c1-5(8)4-7(2,3)6(9)10/h5H,4H2,1-3H3,(H,9,10). The third kappa shape index (κ3) is 3.06. The Morgan fingerprint density at radius 3 is 2.20 bits per heavy atom. The molecule has 0 heterocycles. The van der Waals surface area contributed by atoms with Crippen LogP contribution >= 0.6 is 11.6 Å². The predicted molar refractivity (Wildman–Crippen MR) is 41.3 cm³/mol. The Balaban J connectivity index is 4.00. The number of rotatable bonds is 3. The zero-order chi connectivity index (χ0) is 8.36. The zero-order valence-electron chi connectivity index (χ0n) is 6.52. The van der Waals surface area contributed by atoms with Gasteiger partial charge in [-0.3, -0.25) is 4.79 Å². The minimum Gasteiger partial charge on any atom is -0.481 e. The number of carboxylic acids is 1. The van der Waals surface area contributed by atoms with E-state index < -0.39 is 11.4 Å². The normalized spacial score (nSPS) is 14.8. The number of alkyl halides is 1. The van der Waals surface area contributed by atoms with Crippen LogP contribution in [-0.2, 0) is 4.79 Å². The first-order chi connectivity index (χ1) is 4.36. The van der Waals surface area contributed by atoms with Crippen LogP contribution in [0.3, 0.4) is 0 Å². The molecule has 0 aromatic carbocycles. The monoisotopic (exact) mass is 164 g/mol. The maximum absolute atomic E-state index is 10.5. The summed E-state index contributed by atoms with van der Waals surface area (Å²) in [4.78, 5) is 10.5. The zero-order valence-corrected chi connectivity index (χ0v) is 7.27. The van der Waals surface area contributed by atoms with Crippen LogP contribution in [0.2, 0.25) is 0 Å². The first-order valence-electron chi connectivity index (χ1n) is 3.24. The highest BCUT2D eigenvalue weighted by atomic mass is 35.5. The van der Waals surface area contributed by atoms with Crippen LogP contribution in [0.5, 0.6) is 0 Å². The van der Waals surface area contributed by atoms with Gasteiger partial charge in [0.2, 0.25) is 0 Å². The van der Waals surface area contributed by atoms with Crippen molar-refractivity contribution in [1.29, 1.82) is 0 Å². The summed E-state index contributed by atoms with van der Waals surface area (Å²) in [5.74, 6) is -0.792. The molecule has 0 amide bonds. The van der Waals surface area contributed by atoms with Crippen LogP contribution in [0.4, 0.5) is 0 Å². The summed E-state index contributed by atoms with van der Waals surface area (Å²) in [5, 5.41) is 8.55. The van der Waals surface area contributed by atoms with E-state index in [1.165, 1.54) is 0 Å². The molecule has 0 bridgehead atoms. The van der Waals surface area contributed by atoms with Crippen LogP contribution in [-0.4, -0.2) is 16.5 Å². The molecule has 2 nitrogen and oxygen atoms in total. The van der Waals surface area contributed by atoms with Crippen molar-refractivity contribution < 1.29 is 9.90 Å². The molecule has 1 unspecified atom stereocenters. The lowest BCUT2D eigenvalue weighted by Crippen LogP contribution is -2.26. The quantitative estimate of drug-likeness (QED) is 0.649. The molecule has 0 saturated heterocycles. The minimum atomic E-state index is -0.792. The van der Waals surface area contributed by atoms with Gasteiger partial charge in [-0.05, 0) is 27.2 Å². The SMILES string of the molecule is CC(Cl)CC(C)(C)C(=O)O. The van der Waals surface area contributed by atoms with Crippen molar-refractivity contribution in [1.82, 2.24) is 0 Å². The van der Waals surface area contributed by atoms with Gasteiger partial charge < -0.3 is 5.11 Å². The Bertz CT molecular complexity index is 130. The van der Waals surface area contributed by atoms with E-state index in [1.807, 2.05) is 0 Å². The number of carboxylic acid groups (broad SMARTS) is 1. The van der Waals surface area contributed by atoms with Crippen LogP contribution in [0.1, 0.15) is 27.2 Å². The maximum atomic E-state index is 10.5. The Morgan fingerprint density at radius 1 is 1.70 bits per heavy atom. The summed E-state index contributed by atoms with van der Waals surface area (Å²) in [6, 6.07) is 0. The van der Waals surface area contributed by atoms with Gasteiger partial charge in [0.05, 0.1) is 5.41 Å². The van der Waals surface area contributed by atoms with Gasteiger partial charge in [0, 0.05) is 5.38 Å². The lowest BCUT2D eigenvalue weighted by Gasteiger charge is -2.19. The van der Waals surface area contributed by atoms with E-state index in [-0.39, 0.29) is 5.38 Å². The van der Waals surface area contributed by atoms with Gasteiger partial charge in [0.25, 0.3) is 0 Å². The highest BCUT2D eigenvalue weighted by Gasteiger charge is 2.28. The fourth-order valence-corrected chi connectivity index (χ4v) is 1.18. The number of hydrogen-bond acceptors (Lipinski definition) is 1. The van der Waals surface area contributed by atoms with Gasteiger partial charge in [-0.15, -0.1) is 11.6 Å². The number of halogens is 1. The van der Waals surface area contributed by atoms with Gasteiger partial charge in [-0.2, -0.15) is 0 Å². The highest BCUT2D eigenvalue weighted by molar-refractivity contribution is 6.20. The van der Waals surface area contributed by atoms with Crippen LogP contribution < -0.4 is 0 Å². The van der Waals surface area contributed by atoms with Crippen molar-refractivity contribution in [2.45, 2.75) is 32.6 Å². The molecule has 10 heavy (non-hydrogen) atoms.